The summed E-state index contributed by atoms with van der Waals surface area (Å²) >= 11 is 0. The Hall–Kier alpha value is -1.90. The van der Waals surface area contributed by atoms with Gasteiger partial charge in [-0.15, -0.1) is 0 Å². The summed E-state index contributed by atoms with van der Waals surface area (Å²) in [6.07, 6.45) is 3.52. The zero-order valence-corrected chi connectivity index (χ0v) is 6.94. The number of amides is 1. The van der Waals surface area contributed by atoms with Crippen LogP contribution in [-0.2, 0) is 4.79 Å². The van der Waals surface area contributed by atoms with E-state index < -0.39 is 5.91 Å². The van der Waals surface area contributed by atoms with Crippen molar-refractivity contribution in [3.63, 3.8) is 0 Å². The number of hydrogen-bond donors (Lipinski definition) is 1. The first-order chi connectivity index (χ1) is 6.25. The third kappa shape index (κ3) is 2.27. The highest BCUT2D eigenvalue weighted by Crippen LogP contribution is 2.09. The number of rotatable bonds is 3. The molecule has 0 aliphatic rings. The van der Waals surface area contributed by atoms with Crippen molar-refractivity contribution in [3.8, 4) is 0 Å². The standard InChI is InChI=1S/C10H9NO2/c11-10(13)9-6-2-1-4-8(9)5-3-7-12/h1-7H,(H2,11,13). The average Bonchev–Trinajstić information content (AvgIpc) is 2.15. The van der Waals surface area contributed by atoms with Gasteiger partial charge < -0.3 is 5.73 Å². The first-order valence-corrected chi connectivity index (χ1v) is 3.76. The molecule has 0 aliphatic carbocycles. The van der Waals surface area contributed by atoms with Gasteiger partial charge in [-0.3, -0.25) is 9.59 Å². The van der Waals surface area contributed by atoms with Gasteiger partial charge >= 0.3 is 0 Å². The van der Waals surface area contributed by atoms with Crippen LogP contribution in [0.4, 0.5) is 0 Å². The first-order valence-electron chi connectivity index (χ1n) is 3.76. The molecule has 1 amide bonds. The van der Waals surface area contributed by atoms with Crippen LogP contribution >= 0.6 is 0 Å². The molecule has 0 aliphatic heterocycles. The Balaban J connectivity index is 3.11. The molecule has 0 bridgehead atoms. The third-order valence-electron chi connectivity index (χ3n) is 1.58. The Labute approximate surface area is 75.9 Å². The van der Waals surface area contributed by atoms with E-state index in [0.717, 1.165) is 0 Å². The van der Waals surface area contributed by atoms with Gasteiger partial charge in [-0.2, -0.15) is 0 Å². The summed E-state index contributed by atoms with van der Waals surface area (Å²) < 4.78 is 0. The number of allylic oxidation sites excluding steroid dienone is 1. The first kappa shape index (κ1) is 9.19. The molecule has 3 heteroatoms. The molecule has 1 aromatic carbocycles. The smallest absolute Gasteiger partial charge is 0.249 e. The van der Waals surface area contributed by atoms with Crippen LogP contribution in [0.25, 0.3) is 6.08 Å². The fourth-order valence-corrected chi connectivity index (χ4v) is 1.01. The molecular formula is C10H9NO2. The van der Waals surface area contributed by atoms with Crippen LogP contribution in [0.15, 0.2) is 30.3 Å². The molecule has 3 nitrogen and oxygen atoms in total. The number of carbonyl (C=O) groups excluding carboxylic acids is 2. The molecule has 0 spiro atoms. The minimum absolute atomic E-state index is 0.417. The minimum Gasteiger partial charge on any atom is -0.366 e. The van der Waals surface area contributed by atoms with Gasteiger partial charge in [0.2, 0.25) is 5.91 Å². The molecule has 0 atom stereocenters. The van der Waals surface area contributed by atoms with Crippen molar-refractivity contribution in [3.05, 3.63) is 41.5 Å². The van der Waals surface area contributed by atoms with E-state index in [1.54, 1.807) is 30.3 Å². The summed E-state index contributed by atoms with van der Waals surface area (Å²) in [4.78, 5) is 20.9. The number of nitrogens with two attached hydrogens (primary N) is 1. The van der Waals surface area contributed by atoms with Gasteiger partial charge in [0, 0.05) is 5.56 Å². The Morgan fingerprint density at radius 1 is 1.31 bits per heavy atom. The van der Waals surface area contributed by atoms with Crippen LogP contribution in [-0.4, -0.2) is 12.2 Å². The van der Waals surface area contributed by atoms with Gasteiger partial charge in [-0.1, -0.05) is 24.3 Å². The van der Waals surface area contributed by atoms with Gasteiger partial charge in [0.25, 0.3) is 0 Å². The van der Waals surface area contributed by atoms with Crippen LogP contribution < -0.4 is 5.73 Å². The fraction of sp³-hybridized carbons (Fsp3) is 0. The Morgan fingerprint density at radius 3 is 2.62 bits per heavy atom. The van der Waals surface area contributed by atoms with E-state index in [4.69, 9.17) is 5.73 Å². The van der Waals surface area contributed by atoms with Gasteiger partial charge in [-0.25, -0.2) is 0 Å². The predicted octanol–water partition coefficient (Wildman–Crippen LogP) is 0.998. The van der Waals surface area contributed by atoms with E-state index in [-0.39, 0.29) is 0 Å². The molecule has 0 unspecified atom stereocenters. The molecule has 0 saturated heterocycles. The Kier molecular flexibility index (Phi) is 2.97. The Bertz CT molecular complexity index is 356. The molecule has 0 saturated carbocycles. The van der Waals surface area contributed by atoms with E-state index in [9.17, 15) is 9.59 Å². The number of aldehydes is 1. The molecule has 13 heavy (non-hydrogen) atoms. The van der Waals surface area contributed by atoms with Crippen molar-refractivity contribution in [2.45, 2.75) is 0 Å². The molecule has 0 heterocycles. The molecule has 0 fully saturated rings. The number of carbonyl (C=O) groups is 2. The van der Waals surface area contributed by atoms with Crippen molar-refractivity contribution in [2.75, 3.05) is 0 Å². The second-order valence-corrected chi connectivity index (χ2v) is 2.45. The van der Waals surface area contributed by atoms with Crippen molar-refractivity contribution in [1.82, 2.24) is 0 Å². The van der Waals surface area contributed by atoms with Gasteiger partial charge in [0.1, 0.15) is 6.29 Å². The maximum absolute atomic E-state index is 10.9. The highest BCUT2D eigenvalue weighted by Gasteiger charge is 2.02. The van der Waals surface area contributed by atoms with Crippen LogP contribution in [0.3, 0.4) is 0 Å². The van der Waals surface area contributed by atoms with E-state index in [2.05, 4.69) is 0 Å². The van der Waals surface area contributed by atoms with Crippen LogP contribution in [0, 0.1) is 0 Å². The predicted molar refractivity (Wildman–Crippen MR) is 50.1 cm³/mol. The average molecular weight is 175 g/mol. The van der Waals surface area contributed by atoms with Crippen molar-refractivity contribution < 1.29 is 9.59 Å². The largest absolute Gasteiger partial charge is 0.366 e. The topological polar surface area (TPSA) is 60.2 Å². The number of hydrogen-bond acceptors (Lipinski definition) is 2. The molecule has 2 N–H and O–H groups in total. The van der Waals surface area contributed by atoms with Crippen molar-refractivity contribution in [2.24, 2.45) is 5.73 Å². The van der Waals surface area contributed by atoms with E-state index in [1.165, 1.54) is 6.08 Å². The molecule has 1 aromatic rings. The summed E-state index contributed by atoms with van der Waals surface area (Å²) in [6.45, 7) is 0. The minimum atomic E-state index is -0.494. The highest BCUT2D eigenvalue weighted by atomic mass is 16.1. The monoisotopic (exact) mass is 175 g/mol. The summed E-state index contributed by atoms with van der Waals surface area (Å²) in [5.74, 6) is -0.494. The maximum atomic E-state index is 10.9. The van der Waals surface area contributed by atoms with E-state index >= 15 is 0 Å². The quantitative estimate of drug-likeness (QED) is 0.550. The zero-order valence-electron chi connectivity index (χ0n) is 6.94. The normalized spacial score (nSPS) is 10.2. The van der Waals surface area contributed by atoms with Crippen LogP contribution in [0.1, 0.15) is 15.9 Å². The van der Waals surface area contributed by atoms with Crippen molar-refractivity contribution in [1.29, 1.82) is 0 Å². The summed E-state index contributed by atoms with van der Waals surface area (Å²) in [6, 6.07) is 6.84. The number of primary amides is 1. The van der Waals surface area contributed by atoms with Gasteiger partial charge in [0.15, 0.2) is 0 Å². The van der Waals surface area contributed by atoms with E-state index in [1.807, 2.05) is 0 Å². The van der Waals surface area contributed by atoms with Crippen LogP contribution in [0.5, 0.6) is 0 Å². The molecule has 66 valence electrons. The Morgan fingerprint density at radius 2 is 2.00 bits per heavy atom. The lowest BCUT2D eigenvalue weighted by Gasteiger charge is -1.99. The third-order valence-corrected chi connectivity index (χ3v) is 1.58. The molecule has 1 rings (SSSR count). The SMILES string of the molecule is NC(=O)c1ccccc1C=CC=O. The highest BCUT2D eigenvalue weighted by molar-refractivity contribution is 5.97. The molecule has 0 aromatic heterocycles. The van der Waals surface area contributed by atoms with E-state index in [0.29, 0.717) is 17.4 Å². The summed E-state index contributed by atoms with van der Waals surface area (Å²) in [5, 5.41) is 0. The number of benzene rings is 1. The summed E-state index contributed by atoms with van der Waals surface area (Å²) in [5.41, 5.74) is 6.20. The lowest BCUT2D eigenvalue weighted by atomic mass is 10.1. The molecule has 0 radical (unpaired) electrons. The lowest BCUT2D eigenvalue weighted by Crippen LogP contribution is -2.12. The maximum Gasteiger partial charge on any atom is 0.249 e. The molecular weight excluding hydrogens is 166 g/mol. The summed E-state index contributed by atoms with van der Waals surface area (Å²) in [7, 11) is 0. The lowest BCUT2D eigenvalue weighted by molar-refractivity contribution is -0.104. The second kappa shape index (κ2) is 4.21. The fourth-order valence-electron chi connectivity index (χ4n) is 1.01. The van der Waals surface area contributed by atoms with Gasteiger partial charge in [0.05, 0.1) is 0 Å². The van der Waals surface area contributed by atoms with Crippen LogP contribution in [0.2, 0.25) is 0 Å². The zero-order chi connectivity index (χ0) is 9.68. The van der Waals surface area contributed by atoms with Gasteiger partial charge in [-0.05, 0) is 17.7 Å². The second-order valence-electron chi connectivity index (χ2n) is 2.45. The van der Waals surface area contributed by atoms with Crippen molar-refractivity contribution >= 4 is 18.3 Å².